The summed E-state index contributed by atoms with van der Waals surface area (Å²) in [6.07, 6.45) is -0.445. The van der Waals surface area contributed by atoms with Crippen LogP contribution >= 0.6 is 0 Å². The Morgan fingerprint density at radius 1 is 0.796 bits per heavy atom. The van der Waals surface area contributed by atoms with E-state index in [4.69, 9.17) is 14.2 Å². The van der Waals surface area contributed by atoms with Gasteiger partial charge in [-0.2, -0.15) is 0 Å². The van der Waals surface area contributed by atoms with Crippen molar-refractivity contribution in [2.24, 2.45) is 10.8 Å². The molecular formula is C41H55N5O8. The van der Waals surface area contributed by atoms with Crippen molar-refractivity contribution in [2.45, 2.75) is 85.0 Å². The van der Waals surface area contributed by atoms with E-state index in [2.05, 4.69) is 21.4 Å². The van der Waals surface area contributed by atoms with Crippen LogP contribution in [0.5, 0.6) is 11.5 Å². The second kappa shape index (κ2) is 17.8. The highest BCUT2D eigenvalue weighted by Crippen LogP contribution is 2.36. The van der Waals surface area contributed by atoms with E-state index in [-0.39, 0.29) is 45.1 Å². The fourth-order valence-corrected chi connectivity index (χ4v) is 6.21. The smallest absolute Gasteiger partial charge is 0.407 e. The van der Waals surface area contributed by atoms with E-state index in [1.54, 1.807) is 5.01 Å². The Morgan fingerprint density at radius 2 is 1.41 bits per heavy atom. The lowest BCUT2D eigenvalue weighted by Crippen LogP contribution is -2.59. The van der Waals surface area contributed by atoms with Gasteiger partial charge in [0.25, 0.3) is 11.8 Å². The quantitative estimate of drug-likeness (QED) is 0.138. The van der Waals surface area contributed by atoms with Crippen LogP contribution in [0, 0.1) is 10.8 Å². The summed E-state index contributed by atoms with van der Waals surface area (Å²) < 4.78 is 15.8. The molecular weight excluding hydrogens is 690 g/mol. The van der Waals surface area contributed by atoms with Crippen molar-refractivity contribution in [3.05, 3.63) is 83.9 Å². The van der Waals surface area contributed by atoms with Crippen molar-refractivity contribution in [1.82, 2.24) is 26.4 Å². The molecule has 54 heavy (non-hydrogen) atoms. The molecule has 0 saturated heterocycles. The van der Waals surface area contributed by atoms with E-state index in [0.717, 1.165) is 22.3 Å². The molecule has 3 atom stereocenters. The Hall–Kier alpha value is -5.14. The van der Waals surface area contributed by atoms with Gasteiger partial charge >= 0.3 is 6.09 Å². The molecule has 0 saturated carbocycles. The molecule has 3 aromatic rings. The van der Waals surface area contributed by atoms with Crippen LogP contribution in [-0.4, -0.2) is 79.1 Å². The highest BCUT2D eigenvalue weighted by Gasteiger charge is 2.41. The molecule has 4 amide bonds. The lowest BCUT2D eigenvalue weighted by molar-refractivity contribution is -0.145. The van der Waals surface area contributed by atoms with Gasteiger partial charge in [0.2, 0.25) is 12.7 Å². The number of nitrogens with one attached hydrogen (secondary N) is 4. The van der Waals surface area contributed by atoms with Gasteiger partial charge in [0.1, 0.15) is 17.7 Å². The van der Waals surface area contributed by atoms with Crippen molar-refractivity contribution >= 4 is 23.8 Å². The van der Waals surface area contributed by atoms with E-state index < -0.39 is 46.4 Å². The number of benzene rings is 3. The van der Waals surface area contributed by atoms with Crippen molar-refractivity contribution in [3.63, 3.8) is 0 Å². The van der Waals surface area contributed by atoms with E-state index in [1.165, 1.54) is 14.2 Å². The molecule has 5 N–H and O–H groups in total. The van der Waals surface area contributed by atoms with Crippen molar-refractivity contribution in [3.8, 4) is 22.6 Å². The van der Waals surface area contributed by atoms with Crippen molar-refractivity contribution in [2.75, 3.05) is 27.5 Å². The molecule has 292 valence electrons. The number of ether oxygens (including phenoxy) is 3. The average molecular weight is 746 g/mol. The van der Waals surface area contributed by atoms with Gasteiger partial charge in [-0.1, -0.05) is 102 Å². The lowest BCUT2D eigenvalue weighted by atomic mass is 9.84. The second-order valence-corrected chi connectivity index (χ2v) is 15.8. The SMILES string of the molecule is CNC(=O)[C@@H](NC(=O)[C@@](O)(CCCN(Cc1ccc(-c2ccc3c(c2)OCO3)cc1)NC(=O)[C@@H](NC(=O)OC)C(C)(C)C)Cc1ccccc1)C(C)(C)C. The van der Waals surface area contributed by atoms with Crippen LogP contribution in [0.25, 0.3) is 11.1 Å². The molecule has 0 spiro atoms. The van der Waals surface area contributed by atoms with Gasteiger partial charge in [-0.3, -0.25) is 19.8 Å². The summed E-state index contributed by atoms with van der Waals surface area (Å²) in [7, 11) is 2.74. The Labute approximate surface area is 318 Å². The monoisotopic (exact) mass is 745 g/mol. The number of carbonyl (C=O) groups excluding carboxylic acids is 4. The molecule has 4 rings (SSSR count). The van der Waals surface area contributed by atoms with Crippen LogP contribution in [-0.2, 0) is 32.1 Å². The summed E-state index contributed by atoms with van der Waals surface area (Å²) >= 11 is 0. The van der Waals surface area contributed by atoms with Crippen LogP contribution < -0.4 is 30.8 Å². The second-order valence-electron chi connectivity index (χ2n) is 15.8. The van der Waals surface area contributed by atoms with Gasteiger partial charge in [-0.25, -0.2) is 9.80 Å². The molecule has 0 aliphatic carbocycles. The van der Waals surface area contributed by atoms with Crippen LogP contribution in [0.3, 0.4) is 0 Å². The zero-order chi connectivity index (χ0) is 39.7. The van der Waals surface area contributed by atoms with Gasteiger partial charge in [0.15, 0.2) is 11.5 Å². The molecule has 0 unspecified atom stereocenters. The Balaban J connectivity index is 1.58. The van der Waals surface area contributed by atoms with Gasteiger partial charge in [0, 0.05) is 26.6 Å². The predicted molar refractivity (Wildman–Crippen MR) is 205 cm³/mol. The first kappa shape index (κ1) is 41.6. The van der Waals surface area contributed by atoms with Crippen LogP contribution in [0.1, 0.15) is 65.5 Å². The topological polar surface area (TPSA) is 168 Å². The Morgan fingerprint density at radius 3 is 2.02 bits per heavy atom. The summed E-state index contributed by atoms with van der Waals surface area (Å²) in [6, 6.07) is 21.0. The van der Waals surface area contributed by atoms with E-state index >= 15 is 0 Å². The van der Waals surface area contributed by atoms with Gasteiger partial charge in [-0.05, 0) is 58.1 Å². The first-order chi connectivity index (χ1) is 25.4. The molecule has 0 bridgehead atoms. The molecule has 0 radical (unpaired) electrons. The molecule has 0 fully saturated rings. The number of fused-ring (bicyclic) bond motifs is 1. The number of alkyl carbamates (subject to hydrolysis) is 1. The summed E-state index contributed by atoms with van der Waals surface area (Å²) in [6.45, 7) is 11.7. The van der Waals surface area contributed by atoms with Crippen LogP contribution in [0.2, 0.25) is 0 Å². The number of hydrogen-bond acceptors (Lipinski definition) is 9. The zero-order valence-corrected chi connectivity index (χ0v) is 32.6. The summed E-state index contributed by atoms with van der Waals surface area (Å²) in [5.74, 6) is -0.112. The fourth-order valence-electron chi connectivity index (χ4n) is 6.21. The maximum atomic E-state index is 13.9. The minimum absolute atomic E-state index is 0.00705. The van der Waals surface area contributed by atoms with Crippen molar-refractivity contribution in [1.29, 1.82) is 0 Å². The molecule has 13 heteroatoms. The molecule has 1 aliphatic rings. The van der Waals surface area contributed by atoms with Gasteiger partial charge in [0.05, 0.1) is 7.11 Å². The number of carbonyl (C=O) groups is 4. The van der Waals surface area contributed by atoms with Gasteiger partial charge in [-0.15, -0.1) is 0 Å². The third kappa shape index (κ3) is 11.2. The minimum Gasteiger partial charge on any atom is -0.454 e. The largest absolute Gasteiger partial charge is 0.454 e. The highest BCUT2D eigenvalue weighted by molar-refractivity contribution is 5.92. The summed E-state index contributed by atoms with van der Waals surface area (Å²) in [4.78, 5) is 52.8. The van der Waals surface area contributed by atoms with E-state index in [1.807, 2.05) is 114 Å². The van der Waals surface area contributed by atoms with Crippen LogP contribution in [0.15, 0.2) is 72.8 Å². The maximum Gasteiger partial charge on any atom is 0.407 e. The molecule has 13 nitrogen and oxygen atoms in total. The van der Waals surface area contributed by atoms with E-state index in [0.29, 0.717) is 11.5 Å². The van der Waals surface area contributed by atoms with E-state index in [9.17, 15) is 24.3 Å². The summed E-state index contributed by atoms with van der Waals surface area (Å²) in [5, 5.41) is 21.8. The standard InChI is InChI=1S/C41H55N5O8/c1-39(2,3)33(35(47)42-7)43-37(49)41(51,24-27-13-10-9-11-14-27)21-12-22-46(45-36(48)34(40(4,5)6)44-38(50)52-8)25-28-15-17-29(18-16-28)30-19-20-31-32(23-30)54-26-53-31/h9-11,13-20,23,33-34,51H,12,21-22,24-26H2,1-8H3,(H,42,47)(H,43,49)(H,44,50)(H,45,48)/t33-,34-,41-/m1/s1. The number of amides is 4. The lowest BCUT2D eigenvalue weighted by Gasteiger charge is -2.35. The molecule has 1 heterocycles. The number of rotatable bonds is 15. The highest BCUT2D eigenvalue weighted by atomic mass is 16.7. The molecule has 3 aromatic carbocycles. The minimum atomic E-state index is -1.89. The normalized spacial score (nSPS) is 14.7. The first-order valence-electron chi connectivity index (χ1n) is 18.1. The Kier molecular flexibility index (Phi) is 13.7. The number of hydrazine groups is 1. The number of nitrogens with zero attached hydrogens (tertiary/aromatic N) is 1. The zero-order valence-electron chi connectivity index (χ0n) is 32.6. The van der Waals surface area contributed by atoms with Crippen LogP contribution in [0.4, 0.5) is 4.79 Å². The maximum absolute atomic E-state index is 13.9. The first-order valence-corrected chi connectivity index (χ1v) is 18.1. The number of aliphatic hydroxyl groups is 1. The Bertz CT molecular complexity index is 1750. The average Bonchev–Trinajstić information content (AvgIpc) is 3.60. The van der Waals surface area contributed by atoms with Gasteiger partial charge < -0.3 is 35.3 Å². The summed E-state index contributed by atoms with van der Waals surface area (Å²) in [5.41, 5.74) is 3.33. The third-order valence-corrected chi connectivity index (χ3v) is 9.31. The number of hydrogen-bond donors (Lipinski definition) is 5. The molecule has 0 aromatic heterocycles. The van der Waals surface area contributed by atoms with Crippen molar-refractivity contribution < 1.29 is 38.5 Å². The third-order valence-electron chi connectivity index (χ3n) is 9.31. The predicted octanol–water partition coefficient (Wildman–Crippen LogP) is 4.72. The number of likely N-dealkylation sites (N-methyl/N-ethyl adjacent to an activating group) is 1. The number of methoxy groups -OCH3 is 1. The molecule has 1 aliphatic heterocycles. The fraction of sp³-hybridized carbons (Fsp3) is 0.463.